The van der Waals surface area contributed by atoms with Crippen LogP contribution in [0.4, 0.5) is 0 Å². The van der Waals surface area contributed by atoms with Crippen LogP contribution < -0.4 is 0 Å². The number of ketones is 1. The lowest BCUT2D eigenvalue weighted by atomic mass is 9.72. The summed E-state index contributed by atoms with van der Waals surface area (Å²) in [5.41, 5.74) is -3.70. The molecule has 1 aromatic carbocycles. The lowest BCUT2D eigenvalue weighted by Crippen LogP contribution is -2.56. The summed E-state index contributed by atoms with van der Waals surface area (Å²) >= 11 is 0. The second-order valence-corrected chi connectivity index (χ2v) is 8.43. The Bertz CT molecular complexity index is 717. The maximum atomic E-state index is 12.6. The summed E-state index contributed by atoms with van der Waals surface area (Å²) in [5, 5.41) is 31.7. The standard InChI is InChI=1S/C16H19NO5.C2H6OS/c1-10(18)9-15(21)14(20)17-8-2-3-13(17)16(15,22)11-4-6-12(19)7-5-11;1-4(2)3/h4-7,13,19,21-22H,2-3,8-9H2,1H3;1-2H3/t13-,15-,16+;/m0./s1. The number of hydrogen-bond donors (Lipinski definition) is 3. The molecule has 0 aliphatic carbocycles. The summed E-state index contributed by atoms with van der Waals surface area (Å²) in [7, 11) is -0.611. The van der Waals surface area contributed by atoms with Crippen molar-refractivity contribution in [2.75, 3.05) is 19.1 Å². The molecule has 2 aliphatic heterocycles. The lowest BCUT2D eigenvalue weighted by Gasteiger charge is -2.38. The Morgan fingerprint density at radius 1 is 1.27 bits per heavy atom. The van der Waals surface area contributed by atoms with Gasteiger partial charge in [0.1, 0.15) is 17.1 Å². The van der Waals surface area contributed by atoms with Crippen LogP contribution in [0.25, 0.3) is 0 Å². The van der Waals surface area contributed by atoms with E-state index < -0.39 is 40.4 Å². The molecule has 1 amide bonds. The molecule has 3 N–H and O–H groups in total. The maximum Gasteiger partial charge on any atom is 0.258 e. The minimum Gasteiger partial charge on any atom is -0.508 e. The zero-order valence-electron chi connectivity index (χ0n) is 15.1. The van der Waals surface area contributed by atoms with Gasteiger partial charge in [0.05, 0.1) is 6.04 Å². The molecule has 0 bridgehead atoms. The first-order valence-corrected chi connectivity index (χ1v) is 10.3. The SMILES string of the molecule is CC(=O)C[C@]1(O)C(=O)N2CCC[C@H]2[C@]1(O)c1ccc(O)cc1.CS(C)=O. The lowest BCUT2D eigenvalue weighted by molar-refractivity contribution is -0.170. The van der Waals surface area contributed by atoms with Crippen LogP contribution in [0.15, 0.2) is 24.3 Å². The Balaban J connectivity index is 0.000000552. The average Bonchev–Trinajstić information content (AvgIpc) is 3.06. The summed E-state index contributed by atoms with van der Waals surface area (Å²) in [4.78, 5) is 25.6. The number of amides is 1. The molecule has 2 saturated heterocycles. The molecule has 1 aromatic rings. The van der Waals surface area contributed by atoms with Crippen molar-refractivity contribution in [1.82, 2.24) is 4.90 Å². The van der Waals surface area contributed by atoms with Gasteiger partial charge in [-0.25, -0.2) is 0 Å². The summed E-state index contributed by atoms with van der Waals surface area (Å²) in [5.74, 6) is -0.940. The molecular formula is C18H25NO6S. The number of carbonyl (C=O) groups is 2. The van der Waals surface area contributed by atoms with E-state index in [2.05, 4.69) is 0 Å². The number of aliphatic hydroxyl groups is 2. The van der Waals surface area contributed by atoms with Crippen LogP contribution in [0.2, 0.25) is 0 Å². The zero-order chi connectivity index (χ0) is 19.7. The van der Waals surface area contributed by atoms with Crippen LogP contribution in [-0.4, -0.2) is 66.8 Å². The first-order chi connectivity index (χ1) is 12.0. The summed E-state index contributed by atoms with van der Waals surface area (Å²) < 4.78 is 9.56. The number of benzene rings is 1. The highest BCUT2D eigenvalue weighted by molar-refractivity contribution is 7.83. The second kappa shape index (κ2) is 7.46. The fourth-order valence-corrected chi connectivity index (χ4v) is 3.84. The summed E-state index contributed by atoms with van der Waals surface area (Å²) in [6.45, 7) is 1.75. The monoisotopic (exact) mass is 383 g/mol. The van der Waals surface area contributed by atoms with Crippen LogP contribution >= 0.6 is 0 Å². The number of hydrogen-bond acceptors (Lipinski definition) is 6. The highest BCUT2D eigenvalue weighted by atomic mass is 32.2. The summed E-state index contributed by atoms with van der Waals surface area (Å²) in [6, 6.07) is 5.19. The molecule has 7 nitrogen and oxygen atoms in total. The molecule has 3 rings (SSSR count). The molecule has 2 aliphatic rings. The molecule has 0 radical (unpaired) electrons. The van der Waals surface area contributed by atoms with E-state index in [1.165, 1.54) is 36.1 Å². The van der Waals surface area contributed by atoms with Crippen LogP contribution in [-0.2, 0) is 26.0 Å². The van der Waals surface area contributed by atoms with Crippen molar-refractivity contribution in [3.8, 4) is 5.75 Å². The highest BCUT2D eigenvalue weighted by Crippen LogP contribution is 2.51. The predicted octanol–water partition coefficient (Wildman–Crippen LogP) is 0.289. The third kappa shape index (κ3) is 3.41. The molecule has 144 valence electrons. The fraction of sp³-hybridized carbons (Fsp3) is 0.556. The Kier molecular flexibility index (Phi) is 5.89. The van der Waals surface area contributed by atoms with Crippen molar-refractivity contribution in [2.45, 2.75) is 43.4 Å². The number of Topliss-reactive ketones (excluding diaryl/α,β-unsaturated/α-hetero) is 1. The van der Waals surface area contributed by atoms with Gasteiger partial charge in [-0.3, -0.25) is 13.8 Å². The summed E-state index contributed by atoms with van der Waals surface area (Å²) in [6.07, 6.45) is 4.15. The topological polar surface area (TPSA) is 115 Å². The largest absolute Gasteiger partial charge is 0.508 e. The third-order valence-electron chi connectivity index (χ3n) is 4.79. The molecule has 0 unspecified atom stereocenters. The van der Waals surface area contributed by atoms with Crippen LogP contribution in [0.5, 0.6) is 5.75 Å². The van der Waals surface area contributed by atoms with Gasteiger partial charge in [0.2, 0.25) is 0 Å². The second-order valence-electron chi connectivity index (χ2n) is 6.95. The maximum absolute atomic E-state index is 12.6. The number of nitrogens with zero attached hydrogens (tertiary/aromatic N) is 1. The van der Waals surface area contributed by atoms with Crippen molar-refractivity contribution in [2.24, 2.45) is 0 Å². The van der Waals surface area contributed by atoms with Gasteiger partial charge in [0.15, 0.2) is 5.60 Å². The van der Waals surface area contributed by atoms with Gasteiger partial charge >= 0.3 is 0 Å². The zero-order valence-corrected chi connectivity index (χ0v) is 16.0. The predicted molar refractivity (Wildman–Crippen MR) is 97.0 cm³/mol. The molecular weight excluding hydrogens is 358 g/mol. The van der Waals surface area contributed by atoms with Crippen molar-refractivity contribution < 1.29 is 29.1 Å². The van der Waals surface area contributed by atoms with E-state index in [9.17, 15) is 29.1 Å². The van der Waals surface area contributed by atoms with Gasteiger partial charge in [-0.15, -0.1) is 0 Å². The van der Waals surface area contributed by atoms with Gasteiger partial charge in [0.25, 0.3) is 5.91 Å². The van der Waals surface area contributed by atoms with E-state index in [-0.39, 0.29) is 11.5 Å². The quantitative estimate of drug-likeness (QED) is 0.691. The molecule has 0 spiro atoms. The molecule has 2 heterocycles. The first kappa shape index (κ1) is 20.5. The average molecular weight is 383 g/mol. The minimum atomic E-state index is -2.17. The van der Waals surface area contributed by atoms with Crippen molar-refractivity contribution in [3.05, 3.63) is 29.8 Å². The molecule has 8 heteroatoms. The van der Waals surface area contributed by atoms with E-state index >= 15 is 0 Å². The van der Waals surface area contributed by atoms with Crippen LogP contribution in [0, 0.1) is 0 Å². The van der Waals surface area contributed by atoms with Gasteiger partial charge in [-0.1, -0.05) is 12.1 Å². The molecule has 3 atom stereocenters. The Hall–Kier alpha value is -1.77. The Morgan fingerprint density at radius 3 is 2.31 bits per heavy atom. The fourth-order valence-electron chi connectivity index (χ4n) is 3.84. The minimum absolute atomic E-state index is 0.0232. The van der Waals surface area contributed by atoms with E-state index in [0.717, 1.165) is 6.42 Å². The number of aromatic hydroxyl groups is 1. The number of phenols is 1. The third-order valence-corrected chi connectivity index (χ3v) is 4.79. The number of carbonyl (C=O) groups excluding carboxylic acids is 2. The number of rotatable bonds is 3. The number of phenolic OH excluding ortho intramolecular Hbond substituents is 1. The highest BCUT2D eigenvalue weighted by Gasteiger charge is 2.69. The molecule has 2 fully saturated rings. The smallest absolute Gasteiger partial charge is 0.258 e. The Labute approximate surface area is 155 Å². The molecule has 0 aromatic heterocycles. The molecule has 0 saturated carbocycles. The van der Waals surface area contributed by atoms with Gasteiger partial charge < -0.3 is 20.2 Å². The first-order valence-electron chi connectivity index (χ1n) is 8.34. The normalized spacial score (nSPS) is 30.2. The van der Waals surface area contributed by atoms with E-state index in [1.807, 2.05) is 0 Å². The van der Waals surface area contributed by atoms with Crippen molar-refractivity contribution in [1.29, 1.82) is 0 Å². The van der Waals surface area contributed by atoms with Crippen molar-refractivity contribution >= 4 is 22.5 Å². The Morgan fingerprint density at radius 2 is 1.81 bits per heavy atom. The van der Waals surface area contributed by atoms with E-state index in [1.54, 1.807) is 12.5 Å². The van der Waals surface area contributed by atoms with E-state index in [4.69, 9.17) is 0 Å². The number of fused-ring (bicyclic) bond motifs is 1. The van der Waals surface area contributed by atoms with Crippen molar-refractivity contribution in [3.63, 3.8) is 0 Å². The van der Waals surface area contributed by atoms with Crippen LogP contribution in [0.3, 0.4) is 0 Å². The van der Waals surface area contributed by atoms with E-state index in [0.29, 0.717) is 18.5 Å². The van der Waals surface area contributed by atoms with Gasteiger partial charge in [-0.2, -0.15) is 0 Å². The van der Waals surface area contributed by atoms with Crippen LogP contribution in [0.1, 0.15) is 31.7 Å². The van der Waals surface area contributed by atoms with Gasteiger partial charge in [-0.05, 0) is 37.5 Å². The molecule has 26 heavy (non-hydrogen) atoms. The van der Waals surface area contributed by atoms with Gasteiger partial charge in [0, 0.05) is 36.3 Å².